The van der Waals surface area contributed by atoms with E-state index in [0.717, 1.165) is 11.1 Å². The van der Waals surface area contributed by atoms with E-state index in [-0.39, 0.29) is 19.2 Å². The second-order valence-corrected chi connectivity index (χ2v) is 5.41. The number of nitrogens with two attached hydrogens (primary N) is 1. The lowest BCUT2D eigenvalue weighted by atomic mass is 10.1. The molecule has 3 aromatic rings. The van der Waals surface area contributed by atoms with Crippen molar-refractivity contribution in [3.63, 3.8) is 0 Å². The van der Waals surface area contributed by atoms with Crippen molar-refractivity contribution in [2.75, 3.05) is 26.1 Å². The number of methoxy groups -OCH3 is 1. The third-order valence-electron chi connectivity index (χ3n) is 3.58. The van der Waals surface area contributed by atoms with Crippen molar-refractivity contribution in [3.05, 3.63) is 48.5 Å². The van der Waals surface area contributed by atoms with E-state index in [4.69, 9.17) is 19.9 Å². The number of hydrogen-bond acceptors (Lipinski definition) is 8. The fourth-order valence-electron chi connectivity index (χ4n) is 2.24. The summed E-state index contributed by atoms with van der Waals surface area (Å²) in [6.07, 6.45) is 4.43. The zero-order chi connectivity index (χ0) is 18.4. The van der Waals surface area contributed by atoms with E-state index >= 15 is 0 Å². The molecule has 8 heteroatoms. The number of aryl methyl sites for hydroxylation is 1. The van der Waals surface area contributed by atoms with Gasteiger partial charge in [0.05, 0.1) is 25.1 Å². The lowest BCUT2D eigenvalue weighted by Crippen LogP contribution is -2.12. The molecular weight excluding hydrogens is 334 g/mol. The van der Waals surface area contributed by atoms with Crippen molar-refractivity contribution in [2.24, 2.45) is 0 Å². The fourth-order valence-corrected chi connectivity index (χ4v) is 2.24. The van der Waals surface area contributed by atoms with Crippen LogP contribution in [0.2, 0.25) is 0 Å². The maximum Gasteiger partial charge on any atom is 0.316 e. The molecule has 2 N–H and O–H groups in total. The van der Waals surface area contributed by atoms with Gasteiger partial charge in [0.25, 0.3) is 0 Å². The molecule has 2 aromatic heterocycles. The Hall–Kier alpha value is -3.42. The van der Waals surface area contributed by atoms with Crippen LogP contribution in [-0.4, -0.2) is 40.3 Å². The average Bonchev–Trinajstić information content (AvgIpc) is 2.67. The highest BCUT2D eigenvalue weighted by Crippen LogP contribution is 2.32. The molecule has 0 saturated heterocycles. The second kappa shape index (κ2) is 8.11. The molecule has 0 aliphatic carbocycles. The number of hydrogen-bond donors (Lipinski definition) is 1. The Kier molecular flexibility index (Phi) is 5.43. The molecule has 26 heavy (non-hydrogen) atoms. The topological polar surface area (TPSA) is 105 Å². The van der Waals surface area contributed by atoms with E-state index in [1.165, 1.54) is 18.7 Å². The highest BCUT2D eigenvalue weighted by molar-refractivity contribution is 5.78. The number of benzene rings is 1. The molecule has 2 heterocycles. The molecule has 1 aromatic carbocycles. The SMILES string of the molecule is COc1cnc(OCCOc2ncnc(N)c2-c2ccc(C)cc2)nc1. The summed E-state index contributed by atoms with van der Waals surface area (Å²) in [7, 11) is 1.55. The van der Waals surface area contributed by atoms with Crippen LogP contribution < -0.4 is 19.9 Å². The minimum atomic E-state index is 0.246. The highest BCUT2D eigenvalue weighted by atomic mass is 16.5. The average molecular weight is 353 g/mol. The third kappa shape index (κ3) is 4.15. The first-order valence-electron chi connectivity index (χ1n) is 7.96. The van der Waals surface area contributed by atoms with Crippen LogP contribution >= 0.6 is 0 Å². The molecule has 0 radical (unpaired) electrons. The van der Waals surface area contributed by atoms with Crippen molar-refractivity contribution < 1.29 is 14.2 Å². The summed E-state index contributed by atoms with van der Waals surface area (Å²) >= 11 is 0. The lowest BCUT2D eigenvalue weighted by Gasteiger charge is -2.12. The quantitative estimate of drug-likeness (QED) is 0.645. The first-order valence-corrected chi connectivity index (χ1v) is 7.96. The van der Waals surface area contributed by atoms with E-state index in [1.807, 2.05) is 31.2 Å². The summed E-state index contributed by atoms with van der Waals surface area (Å²) in [6.45, 7) is 2.53. The number of nitrogen functional groups attached to an aromatic ring is 1. The van der Waals surface area contributed by atoms with Crippen LogP contribution in [0, 0.1) is 6.92 Å². The van der Waals surface area contributed by atoms with Crippen LogP contribution in [0.15, 0.2) is 43.0 Å². The Labute approximate surface area is 151 Å². The largest absolute Gasteiger partial charge is 0.494 e. The van der Waals surface area contributed by atoms with E-state index in [9.17, 15) is 0 Å². The van der Waals surface area contributed by atoms with Crippen LogP contribution in [-0.2, 0) is 0 Å². The molecule has 0 amide bonds. The van der Waals surface area contributed by atoms with Gasteiger partial charge in [-0.05, 0) is 12.5 Å². The van der Waals surface area contributed by atoms with Crippen molar-refractivity contribution in [1.29, 1.82) is 0 Å². The van der Waals surface area contributed by atoms with E-state index in [0.29, 0.717) is 23.0 Å². The molecule has 3 rings (SSSR count). The molecule has 0 atom stereocenters. The Morgan fingerprint density at radius 2 is 1.62 bits per heavy atom. The molecule has 0 aliphatic rings. The monoisotopic (exact) mass is 353 g/mol. The molecule has 0 aliphatic heterocycles. The normalized spacial score (nSPS) is 10.4. The minimum absolute atomic E-state index is 0.246. The fraction of sp³-hybridized carbons (Fsp3) is 0.222. The van der Waals surface area contributed by atoms with Gasteiger partial charge in [0.1, 0.15) is 25.4 Å². The zero-order valence-corrected chi connectivity index (χ0v) is 14.5. The summed E-state index contributed by atoms with van der Waals surface area (Å²) in [4.78, 5) is 16.3. The molecular formula is C18H19N5O3. The third-order valence-corrected chi connectivity index (χ3v) is 3.58. The van der Waals surface area contributed by atoms with Crippen LogP contribution in [0.3, 0.4) is 0 Å². The van der Waals surface area contributed by atoms with Gasteiger partial charge in [0.15, 0.2) is 5.75 Å². The van der Waals surface area contributed by atoms with Crippen LogP contribution in [0.4, 0.5) is 5.82 Å². The standard InChI is InChI=1S/C18H19N5O3/c1-12-3-5-13(6-4-12)15-16(19)22-11-23-17(15)25-7-8-26-18-20-9-14(24-2)10-21-18/h3-6,9-11H,7-8H2,1-2H3,(H2,19,22,23). The predicted octanol–water partition coefficient (Wildman–Crippen LogP) is 2.29. The van der Waals surface area contributed by atoms with Gasteiger partial charge in [-0.15, -0.1) is 0 Å². The molecule has 0 fully saturated rings. The highest BCUT2D eigenvalue weighted by Gasteiger charge is 2.13. The van der Waals surface area contributed by atoms with Gasteiger partial charge in [-0.1, -0.05) is 29.8 Å². The summed E-state index contributed by atoms with van der Waals surface area (Å²) in [5, 5.41) is 0. The molecule has 0 bridgehead atoms. The van der Waals surface area contributed by atoms with Crippen LogP contribution in [0.5, 0.6) is 17.6 Å². The Morgan fingerprint density at radius 3 is 2.31 bits per heavy atom. The lowest BCUT2D eigenvalue weighted by molar-refractivity contribution is 0.201. The van der Waals surface area contributed by atoms with Crippen molar-refractivity contribution in [1.82, 2.24) is 19.9 Å². The van der Waals surface area contributed by atoms with Gasteiger partial charge in [-0.2, -0.15) is 9.97 Å². The van der Waals surface area contributed by atoms with Crippen molar-refractivity contribution in [2.45, 2.75) is 6.92 Å². The maximum absolute atomic E-state index is 6.02. The number of ether oxygens (including phenoxy) is 3. The van der Waals surface area contributed by atoms with Gasteiger partial charge in [-0.3, -0.25) is 0 Å². The van der Waals surface area contributed by atoms with Crippen molar-refractivity contribution in [3.8, 4) is 28.8 Å². The maximum atomic E-state index is 6.02. The van der Waals surface area contributed by atoms with Gasteiger partial charge in [-0.25, -0.2) is 9.97 Å². The first-order chi connectivity index (χ1) is 12.7. The van der Waals surface area contributed by atoms with Gasteiger partial charge in [0.2, 0.25) is 5.88 Å². The number of nitrogens with zero attached hydrogens (tertiary/aromatic N) is 4. The Bertz CT molecular complexity index is 854. The predicted molar refractivity (Wildman–Crippen MR) is 96.2 cm³/mol. The molecule has 0 saturated carbocycles. The summed E-state index contributed by atoms with van der Waals surface area (Å²) in [6, 6.07) is 8.15. The Balaban J connectivity index is 1.64. The first kappa shape index (κ1) is 17.4. The van der Waals surface area contributed by atoms with Gasteiger partial charge in [0, 0.05) is 0 Å². The van der Waals surface area contributed by atoms with Crippen molar-refractivity contribution >= 4 is 5.82 Å². The number of rotatable bonds is 7. The van der Waals surface area contributed by atoms with Crippen LogP contribution in [0.25, 0.3) is 11.1 Å². The molecule has 8 nitrogen and oxygen atoms in total. The zero-order valence-electron chi connectivity index (χ0n) is 14.5. The number of aromatic nitrogens is 4. The second-order valence-electron chi connectivity index (χ2n) is 5.41. The van der Waals surface area contributed by atoms with E-state index < -0.39 is 0 Å². The summed E-state index contributed by atoms with van der Waals surface area (Å²) < 4.78 is 16.2. The number of anilines is 1. The Morgan fingerprint density at radius 1 is 0.923 bits per heavy atom. The van der Waals surface area contributed by atoms with Crippen LogP contribution in [0.1, 0.15) is 5.56 Å². The van der Waals surface area contributed by atoms with E-state index in [2.05, 4.69) is 19.9 Å². The molecule has 0 spiro atoms. The van der Waals surface area contributed by atoms with E-state index in [1.54, 1.807) is 7.11 Å². The minimum Gasteiger partial charge on any atom is -0.494 e. The molecule has 134 valence electrons. The summed E-state index contributed by atoms with van der Waals surface area (Å²) in [5.74, 6) is 1.33. The molecule has 0 unspecified atom stereocenters. The van der Waals surface area contributed by atoms with Gasteiger partial charge < -0.3 is 19.9 Å². The summed E-state index contributed by atoms with van der Waals surface area (Å²) in [5.41, 5.74) is 8.72. The van der Waals surface area contributed by atoms with Gasteiger partial charge >= 0.3 is 6.01 Å². The smallest absolute Gasteiger partial charge is 0.316 e.